The van der Waals surface area contributed by atoms with Crippen LogP contribution in [0.15, 0.2) is 30.3 Å². The molecule has 0 bridgehead atoms. The first-order valence-electron chi connectivity index (χ1n) is 9.30. The fourth-order valence-electron chi connectivity index (χ4n) is 3.85. The molecule has 1 amide bonds. The van der Waals surface area contributed by atoms with Crippen molar-refractivity contribution in [2.24, 2.45) is 0 Å². The molecule has 4 rings (SSSR count). The molecule has 150 valence electrons. The van der Waals surface area contributed by atoms with Crippen LogP contribution in [0.25, 0.3) is 0 Å². The molecule has 2 aromatic rings. The summed E-state index contributed by atoms with van der Waals surface area (Å²) >= 11 is 5.89. The summed E-state index contributed by atoms with van der Waals surface area (Å²) in [6.07, 6.45) is -1.82. The summed E-state index contributed by atoms with van der Waals surface area (Å²) in [7, 11) is 0. The highest BCUT2D eigenvalue weighted by Crippen LogP contribution is 2.43. The SMILES string of the molecule is O=C(c1cc2n(n1)C(C(F)(F)F)CC(c1ccc(Cl)cc1)N2)N1CCCCC1. The molecular formula is C19H20ClF3N4O. The molecule has 1 aromatic heterocycles. The van der Waals surface area contributed by atoms with Gasteiger partial charge in [-0.15, -0.1) is 0 Å². The summed E-state index contributed by atoms with van der Waals surface area (Å²) in [6, 6.07) is 5.80. The number of carbonyl (C=O) groups excluding carboxylic acids is 1. The van der Waals surface area contributed by atoms with E-state index in [0.29, 0.717) is 23.7 Å². The molecule has 5 nitrogen and oxygen atoms in total. The Morgan fingerprint density at radius 3 is 2.46 bits per heavy atom. The lowest BCUT2D eigenvalue weighted by Gasteiger charge is -2.33. The number of nitrogens with zero attached hydrogens (tertiary/aromatic N) is 3. The topological polar surface area (TPSA) is 50.2 Å². The summed E-state index contributed by atoms with van der Waals surface area (Å²) in [5, 5.41) is 7.66. The van der Waals surface area contributed by atoms with Crippen LogP contribution >= 0.6 is 11.6 Å². The molecule has 1 N–H and O–H groups in total. The van der Waals surface area contributed by atoms with Gasteiger partial charge in [0.15, 0.2) is 11.7 Å². The highest BCUT2D eigenvalue weighted by molar-refractivity contribution is 6.30. The zero-order chi connectivity index (χ0) is 19.9. The van der Waals surface area contributed by atoms with Gasteiger partial charge in [0.25, 0.3) is 5.91 Å². The highest BCUT2D eigenvalue weighted by atomic mass is 35.5. The van der Waals surface area contributed by atoms with Gasteiger partial charge in [-0.05, 0) is 37.0 Å². The van der Waals surface area contributed by atoms with E-state index in [1.807, 2.05) is 0 Å². The molecule has 0 radical (unpaired) electrons. The molecule has 2 aliphatic rings. The van der Waals surface area contributed by atoms with Crippen molar-refractivity contribution in [2.75, 3.05) is 18.4 Å². The Morgan fingerprint density at radius 1 is 1.14 bits per heavy atom. The fraction of sp³-hybridized carbons (Fsp3) is 0.474. The Bertz CT molecular complexity index is 859. The Hall–Kier alpha value is -2.22. The van der Waals surface area contributed by atoms with E-state index in [-0.39, 0.29) is 23.8 Å². The number of anilines is 1. The van der Waals surface area contributed by atoms with Gasteiger partial charge in [-0.25, -0.2) is 4.68 Å². The van der Waals surface area contributed by atoms with Crippen molar-refractivity contribution in [3.05, 3.63) is 46.6 Å². The van der Waals surface area contributed by atoms with Gasteiger partial charge < -0.3 is 10.2 Å². The average molecular weight is 413 g/mol. The van der Waals surface area contributed by atoms with Crippen molar-refractivity contribution < 1.29 is 18.0 Å². The lowest BCUT2D eigenvalue weighted by Crippen LogP contribution is -2.37. The highest BCUT2D eigenvalue weighted by Gasteiger charge is 2.47. The van der Waals surface area contributed by atoms with E-state index in [9.17, 15) is 18.0 Å². The van der Waals surface area contributed by atoms with E-state index >= 15 is 0 Å². The number of piperidine rings is 1. The van der Waals surface area contributed by atoms with Gasteiger partial charge in [0.2, 0.25) is 0 Å². The van der Waals surface area contributed by atoms with Gasteiger partial charge in [-0.3, -0.25) is 4.79 Å². The van der Waals surface area contributed by atoms with Gasteiger partial charge in [0.1, 0.15) is 5.82 Å². The molecule has 2 atom stereocenters. The number of hydrogen-bond acceptors (Lipinski definition) is 3. The maximum Gasteiger partial charge on any atom is 0.410 e. The second kappa shape index (κ2) is 7.31. The zero-order valence-electron chi connectivity index (χ0n) is 15.0. The molecule has 2 unspecified atom stereocenters. The first-order chi connectivity index (χ1) is 13.3. The first kappa shape index (κ1) is 19.1. The number of fused-ring (bicyclic) bond motifs is 1. The number of benzene rings is 1. The number of alkyl halides is 3. The summed E-state index contributed by atoms with van der Waals surface area (Å²) in [5.74, 6) is -0.110. The van der Waals surface area contributed by atoms with Gasteiger partial charge in [-0.1, -0.05) is 23.7 Å². The van der Waals surface area contributed by atoms with Crippen molar-refractivity contribution in [1.29, 1.82) is 0 Å². The molecule has 1 aromatic carbocycles. The van der Waals surface area contributed by atoms with Crippen LogP contribution < -0.4 is 5.32 Å². The van der Waals surface area contributed by atoms with Crippen LogP contribution in [0.4, 0.5) is 19.0 Å². The Morgan fingerprint density at radius 2 is 1.82 bits per heavy atom. The third-order valence-electron chi connectivity index (χ3n) is 5.32. The predicted molar refractivity (Wildman–Crippen MR) is 99.5 cm³/mol. The molecule has 9 heteroatoms. The number of halogens is 4. The number of nitrogens with one attached hydrogen (secondary N) is 1. The van der Waals surface area contributed by atoms with Crippen LogP contribution in [-0.2, 0) is 0 Å². The average Bonchev–Trinajstić information content (AvgIpc) is 3.11. The summed E-state index contributed by atoms with van der Waals surface area (Å²) in [4.78, 5) is 14.4. The van der Waals surface area contributed by atoms with Gasteiger partial charge in [0, 0.05) is 30.6 Å². The third-order valence-corrected chi connectivity index (χ3v) is 5.58. The standard InChI is InChI=1S/C19H20ClF3N4O/c20-13-6-4-12(5-7-13)14-10-16(19(21,22)23)27-17(24-14)11-15(25-27)18(28)26-8-2-1-3-9-26/h4-7,11,14,16,24H,1-3,8-10H2. The van der Waals surface area contributed by atoms with Gasteiger partial charge in [-0.2, -0.15) is 18.3 Å². The second-order valence-corrected chi connectivity index (χ2v) is 7.69. The quantitative estimate of drug-likeness (QED) is 0.769. The number of hydrogen-bond donors (Lipinski definition) is 1. The third kappa shape index (κ3) is 3.70. The Labute approximate surface area is 165 Å². The molecule has 0 spiro atoms. The van der Waals surface area contributed by atoms with E-state index in [4.69, 9.17) is 11.6 Å². The minimum atomic E-state index is -4.47. The van der Waals surface area contributed by atoms with Crippen molar-refractivity contribution in [2.45, 2.75) is 43.9 Å². The van der Waals surface area contributed by atoms with Gasteiger partial charge in [0.05, 0.1) is 6.04 Å². The lowest BCUT2D eigenvalue weighted by atomic mass is 9.97. The fourth-order valence-corrected chi connectivity index (χ4v) is 3.98. The summed E-state index contributed by atoms with van der Waals surface area (Å²) in [6.45, 7) is 1.23. The van der Waals surface area contributed by atoms with E-state index in [2.05, 4.69) is 10.4 Å². The Kier molecular flexibility index (Phi) is 4.99. The molecule has 1 fully saturated rings. The molecular weight excluding hydrogens is 393 g/mol. The van der Waals surface area contributed by atoms with Crippen molar-refractivity contribution in [3.8, 4) is 0 Å². The molecule has 0 saturated carbocycles. The number of amides is 1. The number of carbonyl (C=O) groups is 1. The van der Waals surface area contributed by atoms with Crippen LogP contribution in [0, 0.1) is 0 Å². The van der Waals surface area contributed by atoms with Crippen molar-refractivity contribution >= 4 is 23.3 Å². The maximum atomic E-state index is 13.7. The molecule has 3 heterocycles. The Balaban J connectivity index is 1.65. The summed E-state index contributed by atoms with van der Waals surface area (Å²) in [5.41, 5.74) is 0.755. The molecule has 1 saturated heterocycles. The van der Waals surface area contributed by atoms with Crippen LogP contribution in [-0.4, -0.2) is 39.9 Å². The van der Waals surface area contributed by atoms with E-state index < -0.39 is 18.3 Å². The smallest absolute Gasteiger partial charge is 0.363 e. The monoisotopic (exact) mass is 412 g/mol. The molecule has 0 aliphatic carbocycles. The maximum absolute atomic E-state index is 13.7. The van der Waals surface area contributed by atoms with E-state index in [1.165, 1.54) is 6.07 Å². The number of likely N-dealkylation sites (tertiary alicyclic amines) is 1. The lowest BCUT2D eigenvalue weighted by molar-refractivity contribution is -0.173. The van der Waals surface area contributed by atoms with Crippen molar-refractivity contribution in [1.82, 2.24) is 14.7 Å². The number of aromatic nitrogens is 2. The van der Waals surface area contributed by atoms with Gasteiger partial charge >= 0.3 is 6.18 Å². The largest absolute Gasteiger partial charge is 0.410 e. The predicted octanol–water partition coefficient (Wildman–Crippen LogP) is 4.82. The van der Waals surface area contributed by atoms with E-state index in [1.54, 1.807) is 29.2 Å². The van der Waals surface area contributed by atoms with Crippen LogP contribution in [0.2, 0.25) is 5.02 Å². The summed E-state index contributed by atoms with van der Waals surface area (Å²) < 4.78 is 42.1. The zero-order valence-corrected chi connectivity index (χ0v) is 15.8. The minimum absolute atomic E-state index is 0.0513. The first-order valence-corrected chi connectivity index (χ1v) is 9.68. The van der Waals surface area contributed by atoms with Crippen molar-refractivity contribution in [3.63, 3.8) is 0 Å². The van der Waals surface area contributed by atoms with Crippen LogP contribution in [0.1, 0.15) is 53.8 Å². The molecule has 2 aliphatic heterocycles. The molecule has 28 heavy (non-hydrogen) atoms. The second-order valence-electron chi connectivity index (χ2n) is 7.25. The minimum Gasteiger partial charge on any atom is -0.363 e. The van der Waals surface area contributed by atoms with Crippen LogP contribution in [0.3, 0.4) is 0 Å². The number of rotatable bonds is 2. The van der Waals surface area contributed by atoms with Crippen LogP contribution in [0.5, 0.6) is 0 Å². The normalized spacial score (nSPS) is 22.5. The van der Waals surface area contributed by atoms with E-state index in [0.717, 1.165) is 23.9 Å².